The van der Waals surface area contributed by atoms with Gasteiger partial charge in [-0.25, -0.2) is 0 Å². The number of rotatable bonds is 1. The summed E-state index contributed by atoms with van der Waals surface area (Å²) in [4.78, 5) is 10.3. The van der Waals surface area contributed by atoms with Gasteiger partial charge in [0.2, 0.25) is 0 Å². The molecule has 0 aromatic rings. The van der Waals surface area contributed by atoms with Gasteiger partial charge in [-0.15, -0.1) is 0 Å². The fourth-order valence-corrected chi connectivity index (χ4v) is 0.653. The van der Waals surface area contributed by atoms with Crippen LogP contribution in [0.1, 0.15) is 0 Å². The van der Waals surface area contributed by atoms with Crippen molar-refractivity contribution in [3.63, 3.8) is 0 Å². The largest absolute Gasteiger partial charge is 0.480 e. The molecule has 0 amide bonds. The molecule has 48 valence electrons. The van der Waals surface area contributed by atoms with E-state index >= 15 is 0 Å². The summed E-state index contributed by atoms with van der Waals surface area (Å²) in [5.74, 6) is -1.02. The number of nitriles is 1. The normalized spacial score (nSPS) is 21.7. The number of aliphatic carboxylic acids is 1. The Kier molecular flexibility index (Phi) is 1.15. The molecule has 1 saturated heterocycles. The van der Waals surface area contributed by atoms with Gasteiger partial charge < -0.3 is 10.4 Å². The Hall–Kier alpha value is -1.08. The van der Waals surface area contributed by atoms with Crippen LogP contribution in [0.4, 0.5) is 0 Å². The molecule has 1 rings (SSSR count). The van der Waals surface area contributed by atoms with E-state index in [0.717, 1.165) is 0 Å². The van der Waals surface area contributed by atoms with E-state index in [9.17, 15) is 4.79 Å². The molecule has 4 nitrogen and oxygen atoms in total. The van der Waals surface area contributed by atoms with Crippen molar-refractivity contribution in [2.45, 2.75) is 0 Å². The van der Waals surface area contributed by atoms with Gasteiger partial charge in [0.1, 0.15) is 0 Å². The molecule has 1 heterocycles. The molecule has 0 unspecified atom stereocenters. The second-order valence-corrected chi connectivity index (χ2v) is 2.10. The third kappa shape index (κ3) is 0.661. The van der Waals surface area contributed by atoms with Gasteiger partial charge in [-0.2, -0.15) is 5.26 Å². The minimum absolute atomic E-state index is 0.277. The SMILES string of the molecule is N#CC1(C(=O)O)CNC1. The van der Waals surface area contributed by atoms with Crippen molar-refractivity contribution < 1.29 is 9.90 Å². The van der Waals surface area contributed by atoms with Gasteiger partial charge in [-0.3, -0.25) is 4.79 Å². The van der Waals surface area contributed by atoms with Gasteiger partial charge in [0.05, 0.1) is 6.07 Å². The smallest absolute Gasteiger partial charge is 0.326 e. The fraction of sp³-hybridized carbons (Fsp3) is 0.600. The van der Waals surface area contributed by atoms with Crippen LogP contribution in [0, 0.1) is 16.7 Å². The lowest BCUT2D eigenvalue weighted by Gasteiger charge is -2.31. The Balaban J connectivity index is 2.71. The van der Waals surface area contributed by atoms with Gasteiger partial charge in [-0.05, 0) is 0 Å². The van der Waals surface area contributed by atoms with E-state index in [-0.39, 0.29) is 13.1 Å². The molecule has 0 aromatic carbocycles. The maximum atomic E-state index is 10.3. The number of nitrogens with one attached hydrogen (secondary N) is 1. The summed E-state index contributed by atoms with van der Waals surface area (Å²) in [6.45, 7) is 0.553. The zero-order valence-corrected chi connectivity index (χ0v) is 4.72. The maximum absolute atomic E-state index is 10.3. The van der Waals surface area contributed by atoms with Crippen LogP contribution >= 0.6 is 0 Å². The van der Waals surface area contributed by atoms with Crippen molar-refractivity contribution in [1.29, 1.82) is 5.26 Å². The molecule has 0 spiro atoms. The topological polar surface area (TPSA) is 73.1 Å². The van der Waals surface area contributed by atoms with Crippen molar-refractivity contribution in [2.75, 3.05) is 13.1 Å². The van der Waals surface area contributed by atoms with E-state index in [1.165, 1.54) is 0 Å². The first kappa shape index (κ1) is 6.05. The molecule has 1 fully saturated rings. The number of carboxylic acids is 1. The Labute approximate surface area is 52.1 Å². The van der Waals surface area contributed by atoms with Crippen LogP contribution in [0.3, 0.4) is 0 Å². The molecule has 4 heteroatoms. The first-order valence-electron chi connectivity index (χ1n) is 2.57. The average molecular weight is 126 g/mol. The van der Waals surface area contributed by atoms with Crippen molar-refractivity contribution in [2.24, 2.45) is 5.41 Å². The van der Waals surface area contributed by atoms with E-state index in [2.05, 4.69) is 5.32 Å². The summed E-state index contributed by atoms with van der Waals surface area (Å²) in [7, 11) is 0. The minimum Gasteiger partial charge on any atom is -0.480 e. The molecule has 1 aliphatic heterocycles. The highest BCUT2D eigenvalue weighted by molar-refractivity contribution is 5.79. The van der Waals surface area contributed by atoms with E-state index in [1.807, 2.05) is 0 Å². The summed E-state index contributed by atoms with van der Waals surface area (Å²) in [5.41, 5.74) is -1.12. The highest BCUT2D eigenvalue weighted by Gasteiger charge is 2.44. The molecule has 0 saturated carbocycles. The van der Waals surface area contributed by atoms with Crippen LogP contribution in [0.5, 0.6) is 0 Å². The molecular weight excluding hydrogens is 120 g/mol. The lowest BCUT2D eigenvalue weighted by molar-refractivity contribution is -0.147. The van der Waals surface area contributed by atoms with Gasteiger partial charge >= 0.3 is 5.97 Å². The zero-order valence-electron chi connectivity index (χ0n) is 4.72. The lowest BCUT2D eigenvalue weighted by atomic mass is 9.84. The van der Waals surface area contributed by atoms with Crippen molar-refractivity contribution in [3.05, 3.63) is 0 Å². The number of hydrogen-bond donors (Lipinski definition) is 2. The lowest BCUT2D eigenvalue weighted by Crippen LogP contribution is -2.57. The Bertz CT molecular complexity index is 178. The summed E-state index contributed by atoms with van der Waals surface area (Å²) >= 11 is 0. The standard InChI is InChI=1S/C5H6N2O2/c6-1-5(4(8)9)2-7-3-5/h7H,2-3H2,(H,8,9). The molecule has 0 aliphatic carbocycles. The van der Waals surface area contributed by atoms with Gasteiger partial charge in [0.15, 0.2) is 5.41 Å². The second kappa shape index (κ2) is 1.71. The third-order valence-electron chi connectivity index (χ3n) is 1.48. The highest BCUT2D eigenvalue weighted by Crippen LogP contribution is 2.20. The van der Waals surface area contributed by atoms with Crippen LogP contribution in [0.25, 0.3) is 0 Å². The Morgan fingerprint density at radius 1 is 1.78 bits per heavy atom. The van der Waals surface area contributed by atoms with E-state index in [4.69, 9.17) is 10.4 Å². The van der Waals surface area contributed by atoms with Crippen molar-refractivity contribution >= 4 is 5.97 Å². The molecule has 9 heavy (non-hydrogen) atoms. The van der Waals surface area contributed by atoms with Crippen molar-refractivity contribution in [1.82, 2.24) is 5.32 Å². The number of hydrogen-bond acceptors (Lipinski definition) is 3. The van der Waals surface area contributed by atoms with Crippen LogP contribution in [-0.4, -0.2) is 24.2 Å². The quantitative estimate of drug-likeness (QED) is 0.481. The predicted molar refractivity (Wildman–Crippen MR) is 28.6 cm³/mol. The molecule has 0 radical (unpaired) electrons. The summed E-state index contributed by atoms with van der Waals surface area (Å²) < 4.78 is 0. The first-order valence-corrected chi connectivity index (χ1v) is 2.57. The average Bonchev–Trinajstić information content (AvgIpc) is 1.62. The fourth-order valence-electron chi connectivity index (χ4n) is 0.653. The van der Waals surface area contributed by atoms with Gasteiger partial charge in [-0.1, -0.05) is 0 Å². The zero-order chi connectivity index (χ0) is 6.91. The van der Waals surface area contributed by atoms with Gasteiger partial charge in [0, 0.05) is 13.1 Å². The Morgan fingerprint density at radius 2 is 2.33 bits per heavy atom. The predicted octanol–water partition coefficient (Wildman–Crippen LogP) is -0.816. The Morgan fingerprint density at radius 3 is 2.33 bits per heavy atom. The van der Waals surface area contributed by atoms with Crippen molar-refractivity contribution in [3.8, 4) is 6.07 Å². The second-order valence-electron chi connectivity index (χ2n) is 2.10. The van der Waals surface area contributed by atoms with Crippen LogP contribution in [0.15, 0.2) is 0 Å². The number of carboxylic acid groups (broad SMARTS) is 1. The molecule has 2 N–H and O–H groups in total. The molecule has 1 aliphatic rings. The molecular formula is C5H6N2O2. The van der Waals surface area contributed by atoms with Gasteiger partial charge in [0.25, 0.3) is 0 Å². The third-order valence-corrected chi connectivity index (χ3v) is 1.48. The summed E-state index contributed by atoms with van der Waals surface area (Å²) in [5, 5.41) is 19.5. The maximum Gasteiger partial charge on any atom is 0.326 e. The molecule has 0 aromatic heterocycles. The highest BCUT2D eigenvalue weighted by atomic mass is 16.4. The minimum atomic E-state index is -1.12. The van der Waals surface area contributed by atoms with E-state index < -0.39 is 11.4 Å². The van der Waals surface area contributed by atoms with Crippen LogP contribution in [0.2, 0.25) is 0 Å². The van der Waals surface area contributed by atoms with E-state index in [1.54, 1.807) is 6.07 Å². The van der Waals surface area contributed by atoms with Crippen LogP contribution in [-0.2, 0) is 4.79 Å². The van der Waals surface area contributed by atoms with Crippen LogP contribution < -0.4 is 5.32 Å². The monoisotopic (exact) mass is 126 g/mol. The first-order chi connectivity index (χ1) is 4.21. The molecule has 0 atom stereocenters. The summed E-state index contributed by atoms with van der Waals surface area (Å²) in [6.07, 6.45) is 0. The number of carbonyl (C=O) groups is 1. The molecule has 0 bridgehead atoms. The van der Waals surface area contributed by atoms with E-state index in [0.29, 0.717) is 0 Å². The number of nitrogens with zero attached hydrogens (tertiary/aromatic N) is 1. The summed E-state index contributed by atoms with van der Waals surface area (Å²) in [6, 6.07) is 1.75.